The van der Waals surface area contributed by atoms with E-state index in [1.54, 1.807) is 0 Å². The van der Waals surface area contributed by atoms with Gasteiger partial charge in [-0.05, 0) is 0 Å². The zero-order valence-electron chi connectivity index (χ0n) is 8.06. The molecule has 0 aliphatic heterocycles. The number of para-hydroxylation sites is 1. The van der Waals surface area contributed by atoms with Crippen molar-refractivity contribution in [3.63, 3.8) is 0 Å². The van der Waals surface area contributed by atoms with Crippen LogP contribution in [0.25, 0.3) is 9.78 Å². The Labute approximate surface area is 88.9 Å². The molecule has 0 N–H and O–H groups in total. The number of carbonyl (C=O) groups excluding carboxylic acids is 1. The van der Waals surface area contributed by atoms with Gasteiger partial charge in [0.15, 0.2) is 0 Å². The summed E-state index contributed by atoms with van der Waals surface area (Å²) in [5.41, 5.74) is 1.30. The molecular weight excluding hydrogens is 241 g/mol. The number of fused-ring (bicyclic) bond motifs is 1. The zero-order chi connectivity index (χ0) is 9.97. The standard InChI is InChI=1S/C11H12NOSe/c1-9-12(7-4-8-13)10-5-2-3-6-11(10)14-9/h2-3,5-6,8H,4,7H2,1H3/q+1. The van der Waals surface area contributed by atoms with Crippen molar-refractivity contribution in [3.8, 4) is 0 Å². The maximum atomic E-state index is 10.3. The SMILES string of the molecule is Cc1[se]c2ccccc2[n+]1CCC=O. The molecule has 2 nitrogen and oxygen atoms in total. The van der Waals surface area contributed by atoms with Gasteiger partial charge in [0, 0.05) is 0 Å². The number of benzene rings is 1. The van der Waals surface area contributed by atoms with Gasteiger partial charge in [0.05, 0.1) is 0 Å². The van der Waals surface area contributed by atoms with Crippen LogP contribution in [0.4, 0.5) is 0 Å². The van der Waals surface area contributed by atoms with Crippen LogP contribution in [0.15, 0.2) is 24.3 Å². The quantitative estimate of drug-likeness (QED) is 0.455. The molecule has 0 saturated carbocycles. The van der Waals surface area contributed by atoms with Crippen LogP contribution in [0.3, 0.4) is 0 Å². The van der Waals surface area contributed by atoms with Gasteiger partial charge >= 0.3 is 88.7 Å². The van der Waals surface area contributed by atoms with E-state index in [-0.39, 0.29) is 0 Å². The van der Waals surface area contributed by atoms with E-state index in [1.165, 1.54) is 14.3 Å². The Morgan fingerprint density at radius 3 is 3.00 bits per heavy atom. The molecule has 0 aliphatic rings. The summed E-state index contributed by atoms with van der Waals surface area (Å²) < 4.78 is 5.10. The number of hydrogen-bond acceptors (Lipinski definition) is 1. The van der Waals surface area contributed by atoms with Crippen molar-refractivity contribution < 1.29 is 9.36 Å². The van der Waals surface area contributed by atoms with Gasteiger partial charge in [-0.3, -0.25) is 0 Å². The molecule has 72 valence electrons. The van der Waals surface area contributed by atoms with Crippen LogP contribution < -0.4 is 4.57 Å². The third-order valence-corrected chi connectivity index (χ3v) is 4.53. The van der Waals surface area contributed by atoms with Crippen LogP contribution >= 0.6 is 0 Å². The number of aldehydes is 1. The Morgan fingerprint density at radius 2 is 2.21 bits per heavy atom. The number of hydrogen-bond donors (Lipinski definition) is 0. The molecule has 1 heterocycles. The summed E-state index contributed by atoms with van der Waals surface area (Å²) in [5, 5.41) is 0. The fraction of sp³-hybridized carbons (Fsp3) is 0.273. The van der Waals surface area contributed by atoms with Crippen LogP contribution in [0.5, 0.6) is 0 Å². The molecule has 0 amide bonds. The van der Waals surface area contributed by atoms with Gasteiger partial charge in [-0.1, -0.05) is 0 Å². The van der Waals surface area contributed by atoms with Crippen molar-refractivity contribution in [2.24, 2.45) is 0 Å². The molecule has 2 rings (SSSR count). The summed E-state index contributed by atoms with van der Waals surface area (Å²) in [5.74, 6) is 0. The molecule has 0 aliphatic carbocycles. The number of aromatic nitrogens is 1. The van der Waals surface area contributed by atoms with Crippen molar-refractivity contribution in [1.82, 2.24) is 0 Å². The second kappa shape index (κ2) is 4.07. The number of nitrogens with zero attached hydrogens (tertiary/aromatic N) is 1. The summed E-state index contributed by atoms with van der Waals surface area (Å²) in [4.78, 5) is 10.3. The Kier molecular flexibility index (Phi) is 2.80. The van der Waals surface area contributed by atoms with Crippen molar-refractivity contribution in [2.75, 3.05) is 0 Å². The molecule has 0 spiro atoms. The van der Waals surface area contributed by atoms with Crippen molar-refractivity contribution in [1.29, 1.82) is 0 Å². The van der Waals surface area contributed by atoms with E-state index >= 15 is 0 Å². The minimum absolute atomic E-state index is 0.458. The molecule has 0 atom stereocenters. The third-order valence-electron chi connectivity index (χ3n) is 2.26. The first kappa shape index (κ1) is 9.63. The molecule has 0 radical (unpaired) electrons. The zero-order valence-corrected chi connectivity index (χ0v) is 9.78. The second-order valence-electron chi connectivity index (χ2n) is 3.20. The van der Waals surface area contributed by atoms with Crippen molar-refractivity contribution in [3.05, 3.63) is 28.8 Å². The van der Waals surface area contributed by atoms with Crippen LogP contribution in [0.1, 0.15) is 11.0 Å². The third kappa shape index (κ3) is 1.65. The molecule has 1 aromatic heterocycles. The number of aryl methyl sites for hydroxylation is 2. The summed E-state index contributed by atoms with van der Waals surface area (Å²) >= 11 is 0.458. The van der Waals surface area contributed by atoms with Crippen molar-refractivity contribution >= 4 is 30.6 Å². The van der Waals surface area contributed by atoms with E-state index in [2.05, 4.69) is 35.8 Å². The molecule has 2 aromatic rings. The molecule has 0 fully saturated rings. The van der Waals surface area contributed by atoms with Gasteiger partial charge in [-0.25, -0.2) is 0 Å². The molecule has 0 unspecified atom stereocenters. The Morgan fingerprint density at radius 1 is 1.43 bits per heavy atom. The van der Waals surface area contributed by atoms with E-state index in [9.17, 15) is 4.79 Å². The predicted molar refractivity (Wildman–Crippen MR) is 56.5 cm³/mol. The fourth-order valence-electron chi connectivity index (χ4n) is 1.61. The van der Waals surface area contributed by atoms with Crippen LogP contribution in [-0.4, -0.2) is 20.8 Å². The summed E-state index contributed by atoms with van der Waals surface area (Å²) in [6.07, 6.45) is 1.60. The van der Waals surface area contributed by atoms with Crippen LogP contribution in [0.2, 0.25) is 0 Å². The van der Waals surface area contributed by atoms with Crippen LogP contribution in [0, 0.1) is 6.92 Å². The number of rotatable bonds is 3. The second-order valence-corrected chi connectivity index (χ2v) is 5.79. The predicted octanol–water partition coefficient (Wildman–Crippen LogP) is 1.08. The summed E-state index contributed by atoms with van der Waals surface area (Å²) in [7, 11) is 0. The average Bonchev–Trinajstić information content (AvgIpc) is 2.51. The minimum atomic E-state index is 0.458. The van der Waals surface area contributed by atoms with E-state index in [0.717, 1.165) is 12.8 Å². The van der Waals surface area contributed by atoms with Crippen LogP contribution in [-0.2, 0) is 11.3 Å². The van der Waals surface area contributed by atoms with Crippen molar-refractivity contribution in [2.45, 2.75) is 19.9 Å². The first-order valence-corrected chi connectivity index (χ1v) is 6.36. The molecule has 0 saturated heterocycles. The van der Waals surface area contributed by atoms with E-state index in [1.807, 2.05) is 0 Å². The topological polar surface area (TPSA) is 20.9 Å². The van der Waals surface area contributed by atoms with E-state index in [4.69, 9.17) is 0 Å². The Bertz CT molecular complexity index is 461. The fourth-order valence-corrected chi connectivity index (χ4v) is 3.81. The molecular formula is C11H12NOSe+. The van der Waals surface area contributed by atoms with Gasteiger partial charge in [-0.15, -0.1) is 0 Å². The Balaban J connectivity index is 2.50. The van der Waals surface area contributed by atoms with E-state index in [0.29, 0.717) is 20.9 Å². The van der Waals surface area contributed by atoms with Gasteiger partial charge in [0.1, 0.15) is 0 Å². The van der Waals surface area contributed by atoms with E-state index < -0.39 is 0 Å². The Hall–Kier alpha value is -0.921. The normalized spacial score (nSPS) is 10.6. The summed E-state index contributed by atoms with van der Waals surface area (Å²) in [6, 6.07) is 8.45. The molecule has 14 heavy (non-hydrogen) atoms. The maximum absolute atomic E-state index is 10.3. The monoisotopic (exact) mass is 254 g/mol. The molecule has 3 heteroatoms. The first-order chi connectivity index (χ1) is 6.83. The van der Waals surface area contributed by atoms with Gasteiger partial charge in [0.2, 0.25) is 0 Å². The number of carbonyl (C=O) groups is 1. The van der Waals surface area contributed by atoms with Gasteiger partial charge in [-0.2, -0.15) is 0 Å². The summed E-state index contributed by atoms with van der Waals surface area (Å²) in [6.45, 7) is 2.99. The molecule has 0 bridgehead atoms. The molecule has 1 aromatic carbocycles. The van der Waals surface area contributed by atoms with Gasteiger partial charge < -0.3 is 0 Å². The van der Waals surface area contributed by atoms with Gasteiger partial charge in [0.25, 0.3) is 0 Å². The average molecular weight is 253 g/mol. The first-order valence-electron chi connectivity index (χ1n) is 4.64.